The van der Waals surface area contributed by atoms with Gasteiger partial charge in [0.2, 0.25) is 9.84 Å². The van der Waals surface area contributed by atoms with E-state index < -0.39 is 9.84 Å². The molecule has 25 heavy (non-hydrogen) atoms. The van der Waals surface area contributed by atoms with Gasteiger partial charge in [-0.25, -0.2) is 13.1 Å². The van der Waals surface area contributed by atoms with E-state index in [1.807, 2.05) is 0 Å². The van der Waals surface area contributed by atoms with Crippen molar-refractivity contribution in [2.45, 2.75) is 23.4 Å². The zero-order chi connectivity index (χ0) is 18.0. The van der Waals surface area contributed by atoms with Crippen molar-refractivity contribution in [3.8, 4) is 5.69 Å². The lowest BCUT2D eigenvalue weighted by Crippen LogP contribution is -2.11. The topological polar surface area (TPSA) is 76.9 Å². The summed E-state index contributed by atoms with van der Waals surface area (Å²) in [5, 5.41) is 7.85. The van der Waals surface area contributed by atoms with Crippen molar-refractivity contribution in [3.63, 3.8) is 0 Å². The highest BCUT2D eigenvalue weighted by Crippen LogP contribution is 2.27. The Kier molecular flexibility index (Phi) is 4.89. The van der Waals surface area contributed by atoms with E-state index in [2.05, 4.69) is 15.4 Å². The fraction of sp³-hybridized carbons (Fsp3) is 0.176. The number of rotatable bonds is 5. The van der Waals surface area contributed by atoms with Crippen LogP contribution >= 0.6 is 11.6 Å². The molecular formula is C17H17ClN4O2S. The Balaban J connectivity index is 2.21. The molecule has 0 unspecified atom stereocenters. The molecule has 3 aromatic rings. The summed E-state index contributed by atoms with van der Waals surface area (Å²) in [6.45, 7) is 2.24. The van der Waals surface area contributed by atoms with Crippen LogP contribution in [0.15, 0.2) is 58.6 Å². The Morgan fingerprint density at radius 1 is 1.20 bits per heavy atom. The largest absolute Gasteiger partial charge is 0.314 e. The highest BCUT2D eigenvalue weighted by molar-refractivity contribution is 7.91. The fourth-order valence-corrected chi connectivity index (χ4v) is 3.95. The number of hydrogen-bond acceptors (Lipinski definition) is 5. The minimum Gasteiger partial charge on any atom is -0.314 e. The molecular weight excluding hydrogens is 360 g/mol. The Morgan fingerprint density at radius 2 is 1.96 bits per heavy atom. The van der Waals surface area contributed by atoms with Crippen LogP contribution in [0.5, 0.6) is 0 Å². The van der Waals surface area contributed by atoms with Crippen LogP contribution in [-0.2, 0) is 16.4 Å². The van der Waals surface area contributed by atoms with Gasteiger partial charge >= 0.3 is 0 Å². The number of aromatic nitrogens is 3. The van der Waals surface area contributed by atoms with Gasteiger partial charge in [-0.1, -0.05) is 23.7 Å². The van der Waals surface area contributed by atoms with E-state index in [0.29, 0.717) is 22.9 Å². The molecule has 0 aliphatic carbocycles. The van der Waals surface area contributed by atoms with Gasteiger partial charge in [-0.2, -0.15) is 5.10 Å². The number of para-hydroxylation sites is 1. The summed E-state index contributed by atoms with van der Waals surface area (Å²) in [7, 11) is -2.03. The zero-order valence-corrected chi connectivity index (χ0v) is 15.3. The van der Waals surface area contributed by atoms with E-state index in [9.17, 15) is 8.42 Å². The van der Waals surface area contributed by atoms with Crippen LogP contribution in [0.25, 0.3) is 5.69 Å². The molecule has 1 aromatic carbocycles. The highest BCUT2D eigenvalue weighted by atomic mass is 35.5. The maximum Gasteiger partial charge on any atom is 0.225 e. The third kappa shape index (κ3) is 3.44. The fourth-order valence-electron chi connectivity index (χ4n) is 2.40. The molecule has 0 atom stereocenters. The number of sulfone groups is 1. The lowest BCUT2D eigenvalue weighted by Gasteiger charge is -2.10. The van der Waals surface area contributed by atoms with Crippen LogP contribution in [0.2, 0.25) is 5.02 Å². The molecule has 2 aromatic heterocycles. The summed E-state index contributed by atoms with van der Waals surface area (Å²) in [6.07, 6.45) is 1.35. The zero-order valence-electron chi connectivity index (χ0n) is 13.8. The van der Waals surface area contributed by atoms with Crippen LogP contribution < -0.4 is 5.32 Å². The van der Waals surface area contributed by atoms with Gasteiger partial charge in [-0.15, -0.1) is 0 Å². The van der Waals surface area contributed by atoms with Crippen LogP contribution in [0.1, 0.15) is 11.4 Å². The first-order valence-electron chi connectivity index (χ1n) is 7.59. The summed E-state index contributed by atoms with van der Waals surface area (Å²) < 4.78 is 27.6. The van der Waals surface area contributed by atoms with Gasteiger partial charge in [0.05, 0.1) is 21.3 Å². The lowest BCUT2D eigenvalue weighted by atomic mass is 10.3. The average molecular weight is 377 g/mol. The molecule has 0 saturated heterocycles. The maximum atomic E-state index is 13.1. The van der Waals surface area contributed by atoms with E-state index in [-0.39, 0.29) is 9.92 Å². The molecule has 1 N–H and O–H groups in total. The predicted molar refractivity (Wildman–Crippen MR) is 95.8 cm³/mol. The number of benzene rings is 1. The second-order valence-electron chi connectivity index (χ2n) is 5.51. The van der Waals surface area contributed by atoms with Gasteiger partial charge < -0.3 is 5.32 Å². The lowest BCUT2D eigenvalue weighted by molar-refractivity contribution is 0.585. The van der Waals surface area contributed by atoms with Crippen LogP contribution in [0.3, 0.4) is 0 Å². The first-order chi connectivity index (χ1) is 11.9. The van der Waals surface area contributed by atoms with E-state index in [1.165, 1.54) is 10.9 Å². The molecule has 0 saturated carbocycles. The quantitative estimate of drug-likeness (QED) is 0.740. The van der Waals surface area contributed by atoms with E-state index in [0.717, 1.165) is 5.69 Å². The van der Waals surface area contributed by atoms with Gasteiger partial charge in [-0.05, 0) is 38.2 Å². The number of nitrogens with one attached hydrogen (secondary N) is 1. The Bertz CT molecular complexity index is 998. The van der Waals surface area contributed by atoms with E-state index >= 15 is 0 Å². The third-order valence-electron chi connectivity index (χ3n) is 3.64. The van der Waals surface area contributed by atoms with Crippen molar-refractivity contribution in [1.29, 1.82) is 0 Å². The van der Waals surface area contributed by atoms with Gasteiger partial charge in [-0.3, -0.25) is 4.98 Å². The molecule has 6 nitrogen and oxygen atoms in total. The van der Waals surface area contributed by atoms with Crippen LogP contribution in [-0.4, -0.2) is 30.2 Å². The second kappa shape index (κ2) is 6.95. The summed E-state index contributed by atoms with van der Waals surface area (Å²) in [5.74, 6) is 0. The minimum absolute atomic E-state index is 0.0523. The van der Waals surface area contributed by atoms with Crippen molar-refractivity contribution >= 4 is 21.4 Å². The molecule has 0 aliphatic heterocycles. The number of aryl methyl sites for hydroxylation is 1. The smallest absolute Gasteiger partial charge is 0.225 e. The monoisotopic (exact) mass is 376 g/mol. The molecule has 0 aliphatic rings. The van der Waals surface area contributed by atoms with Gasteiger partial charge in [0.1, 0.15) is 0 Å². The SMILES string of the molecule is CNCc1cc(S(=O)(=O)c2ccc(C)nc2)n(-c2ccccc2Cl)n1. The number of halogens is 1. The number of hydrogen-bond donors (Lipinski definition) is 1. The summed E-state index contributed by atoms with van der Waals surface area (Å²) >= 11 is 6.25. The third-order valence-corrected chi connectivity index (χ3v) is 5.66. The molecule has 0 spiro atoms. The first-order valence-corrected chi connectivity index (χ1v) is 9.46. The summed E-state index contributed by atoms with van der Waals surface area (Å²) in [6, 6.07) is 11.7. The molecule has 2 heterocycles. The van der Waals surface area contributed by atoms with E-state index in [4.69, 9.17) is 11.6 Å². The number of nitrogens with zero attached hydrogens (tertiary/aromatic N) is 3. The standard InChI is InChI=1S/C17H17ClN4O2S/c1-12-7-8-14(11-20-12)25(23,24)17-9-13(10-19-2)21-22(17)16-6-4-3-5-15(16)18/h3-9,11,19H,10H2,1-2H3. The Morgan fingerprint density at radius 3 is 2.60 bits per heavy atom. The maximum absolute atomic E-state index is 13.1. The van der Waals surface area contributed by atoms with Crippen LogP contribution in [0.4, 0.5) is 0 Å². The molecule has 0 fully saturated rings. The van der Waals surface area contributed by atoms with Crippen molar-refractivity contribution in [2.75, 3.05) is 7.05 Å². The van der Waals surface area contributed by atoms with Crippen molar-refractivity contribution in [2.24, 2.45) is 0 Å². The molecule has 0 bridgehead atoms. The summed E-state index contributed by atoms with van der Waals surface area (Å²) in [5.41, 5.74) is 1.85. The highest BCUT2D eigenvalue weighted by Gasteiger charge is 2.26. The predicted octanol–water partition coefficient (Wildman–Crippen LogP) is 2.78. The van der Waals surface area contributed by atoms with Crippen molar-refractivity contribution < 1.29 is 8.42 Å². The van der Waals surface area contributed by atoms with E-state index in [1.54, 1.807) is 56.4 Å². The van der Waals surface area contributed by atoms with Crippen molar-refractivity contribution in [1.82, 2.24) is 20.1 Å². The Hall–Kier alpha value is -2.22. The molecule has 8 heteroatoms. The van der Waals surface area contributed by atoms with Gasteiger partial charge in [0, 0.05) is 24.5 Å². The second-order valence-corrected chi connectivity index (χ2v) is 7.81. The van der Waals surface area contributed by atoms with Crippen molar-refractivity contribution in [3.05, 3.63) is 65.1 Å². The Labute approximate surface area is 151 Å². The van der Waals surface area contributed by atoms with Crippen LogP contribution in [0, 0.1) is 6.92 Å². The minimum atomic E-state index is -3.80. The van der Waals surface area contributed by atoms with Gasteiger partial charge in [0.25, 0.3) is 0 Å². The molecule has 130 valence electrons. The molecule has 0 amide bonds. The molecule has 3 rings (SSSR count). The summed E-state index contributed by atoms with van der Waals surface area (Å²) in [4.78, 5) is 4.20. The first kappa shape index (κ1) is 17.6. The molecule has 0 radical (unpaired) electrons. The average Bonchev–Trinajstić information content (AvgIpc) is 3.00. The normalized spacial score (nSPS) is 11.6. The number of pyridine rings is 1. The van der Waals surface area contributed by atoms with Gasteiger partial charge in [0.15, 0.2) is 5.03 Å².